The van der Waals surface area contributed by atoms with Crippen molar-refractivity contribution in [1.82, 2.24) is 4.98 Å². The van der Waals surface area contributed by atoms with E-state index in [-0.39, 0.29) is 0 Å². The summed E-state index contributed by atoms with van der Waals surface area (Å²) in [6.45, 7) is 0. The lowest BCUT2D eigenvalue weighted by atomic mass is 10.3. The van der Waals surface area contributed by atoms with Gasteiger partial charge in [-0.05, 0) is 35.9 Å². The molecule has 0 N–H and O–H groups in total. The van der Waals surface area contributed by atoms with Crippen molar-refractivity contribution in [3.63, 3.8) is 0 Å². The van der Waals surface area contributed by atoms with Crippen LogP contribution in [-0.2, 0) is 0 Å². The number of aromatic nitrogens is 1. The molecule has 0 fully saturated rings. The summed E-state index contributed by atoms with van der Waals surface area (Å²) in [4.78, 5) is 6.60. The van der Waals surface area contributed by atoms with E-state index in [0.717, 1.165) is 0 Å². The average molecular weight is 247 g/mol. The highest BCUT2D eigenvalue weighted by molar-refractivity contribution is 6.33. The Balaban J connectivity index is 2.24. The number of pyridine rings is 1. The zero-order valence-corrected chi connectivity index (χ0v) is 9.37. The molecule has 1 aromatic carbocycles. The molecule has 0 aliphatic rings. The molecule has 0 unspecified atom stereocenters. The van der Waals surface area contributed by atoms with Gasteiger partial charge in [-0.3, -0.25) is 4.98 Å². The molecule has 0 spiro atoms. The molecular weight excluding hydrogens is 240 g/mol. The summed E-state index contributed by atoms with van der Waals surface area (Å²) in [6, 6.07) is 8.39. The number of nitrogens with zero attached hydrogens (tertiary/aromatic N) is 4. The summed E-state index contributed by atoms with van der Waals surface area (Å²) in [6.07, 6.45) is 3.25. The van der Waals surface area contributed by atoms with Crippen LogP contribution in [0.25, 0.3) is 10.4 Å². The maximum absolute atomic E-state index is 8.31. The van der Waals surface area contributed by atoms with Gasteiger partial charge in [-0.15, -0.1) is 0 Å². The predicted molar refractivity (Wildman–Crippen MR) is 64.6 cm³/mol. The third-order valence-corrected chi connectivity index (χ3v) is 2.24. The van der Waals surface area contributed by atoms with E-state index in [1.807, 2.05) is 0 Å². The van der Waals surface area contributed by atoms with Gasteiger partial charge >= 0.3 is 0 Å². The summed E-state index contributed by atoms with van der Waals surface area (Å²) in [5, 5.41) is 3.77. The molecule has 0 amide bonds. The van der Waals surface area contributed by atoms with Crippen LogP contribution in [0.4, 0.5) is 5.69 Å². The lowest BCUT2D eigenvalue weighted by Crippen LogP contribution is -1.84. The van der Waals surface area contributed by atoms with E-state index >= 15 is 0 Å². The first-order valence-electron chi connectivity index (χ1n) is 4.72. The first-order chi connectivity index (χ1) is 8.29. The van der Waals surface area contributed by atoms with Crippen molar-refractivity contribution < 1.29 is 4.74 Å². The maximum atomic E-state index is 8.31. The number of ether oxygens (including phenoxy) is 1. The minimum Gasteiger partial charge on any atom is -0.456 e. The smallest absolute Gasteiger partial charge is 0.145 e. The topological polar surface area (TPSA) is 70.9 Å². The molecule has 5 nitrogen and oxygen atoms in total. The summed E-state index contributed by atoms with van der Waals surface area (Å²) in [7, 11) is 0. The Labute approximate surface area is 102 Å². The van der Waals surface area contributed by atoms with Gasteiger partial charge in [-0.25, -0.2) is 0 Å². The van der Waals surface area contributed by atoms with Gasteiger partial charge in [0, 0.05) is 11.1 Å². The van der Waals surface area contributed by atoms with Crippen LogP contribution < -0.4 is 4.74 Å². The number of azide groups is 1. The van der Waals surface area contributed by atoms with Crippen LogP contribution in [0.3, 0.4) is 0 Å². The van der Waals surface area contributed by atoms with E-state index in [1.54, 1.807) is 42.7 Å². The van der Waals surface area contributed by atoms with Gasteiger partial charge in [0.05, 0.1) is 16.9 Å². The third kappa shape index (κ3) is 2.87. The Morgan fingerprint density at radius 1 is 1.29 bits per heavy atom. The monoisotopic (exact) mass is 246 g/mol. The molecule has 84 valence electrons. The highest BCUT2D eigenvalue weighted by atomic mass is 35.5. The lowest BCUT2D eigenvalue weighted by Gasteiger charge is -2.05. The lowest BCUT2D eigenvalue weighted by molar-refractivity contribution is 0.480. The Kier molecular flexibility index (Phi) is 3.45. The first-order valence-corrected chi connectivity index (χ1v) is 5.10. The van der Waals surface area contributed by atoms with E-state index in [2.05, 4.69) is 15.0 Å². The van der Waals surface area contributed by atoms with Crippen molar-refractivity contribution in [1.29, 1.82) is 0 Å². The maximum Gasteiger partial charge on any atom is 0.145 e. The molecule has 0 atom stereocenters. The van der Waals surface area contributed by atoms with Crippen molar-refractivity contribution in [3.05, 3.63) is 58.2 Å². The third-order valence-electron chi connectivity index (χ3n) is 1.94. The number of halogens is 1. The van der Waals surface area contributed by atoms with Crippen LogP contribution in [0.5, 0.6) is 11.5 Å². The van der Waals surface area contributed by atoms with Gasteiger partial charge < -0.3 is 4.74 Å². The van der Waals surface area contributed by atoms with Gasteiger partial charge in [0.25, 0.3) is 0 Å². The molecule has 2 aromatic rings. The molecule has 0 saturated heterocycles. The van der Waals surface area contributed by atoms with Gasteiger partial charge in [0.1, 0.15) is 11.5 Å². The largest absolute Gasteiger partial charge is 0.456 e. The van der Waals surface area contributed by atoms with E-state index in [9.17, 15) is 0 Å². The summed E-state index contributed by atoms with van der Waals surface area (Å²) in [5.41, 5.74) is 8.68. The molecular formula is C11H7ClN4O. The normalized spacial score (nSPS) is 9.47. The molecule has 2 rings (SSSR count). The second-order valence-electron chi connectivity index (χ2n) is 3.09. The Hall–Kier alpha value is -2.23. The van der Waals surface area contributed by atoms with E-state index in [4.69, 9.17) is 21.9 Å². The molecule has 1 aromatic heterocycles. The van der Waals surface area contributed by atoms with Crippen molar-refractivity contribution in [3.8, 4) is 11.5 Å². The Bertz CT molecular complexity index is 567. The summed E-state index contributed by atoms with van der Waals surface area (Å²) in [5.74, 6) is 1.17. The van der Waals surface area contributed by atoms with Gasteiger partial charge in [0.15, 0.2) is 0 Å². The minimum atomic E-state index is 0.337. The van der Waals surface area contributed by atoms with E-state index in [0.29, 0.717) is 22.2 Å². The Morgan fingerprint density at radius 3 is 2.82 bits per heavy atom. The number of hydrogen-bond donors (Lipinski definition) is 0. The second kappa shape index (κ2) is 5.21. The van der Waals surface area contributed by atoms with Crippen molar-refractivity contribution >= 4 is 17.3 Å². The van der Waals surface area contributed by atoms with Crippen LogP contribution >= 0.6 is 11.6 Å². The summed E-state index contributed by atoms with van der Waals surface area (Å²) < 4.78 is 5.51. The van der Waals surface area contributed by atoms with Crippen molar-refractivity contribution in [2.24, 2.45) is 5.11 Å². The molecule has 0 radical (unpaired) electrons. The molecule has 0 saturated carbocycles. The highest BCUT2D eigenvalue weighted by Crippen LogP contribution is 2.31. The summed E-state index contributed by atoms with van der Waals surface area (Å²) >= 11 is 5.91. The number of rotatable bonds is 3. The van der Waals surface area contributed by atoms with Crippen LogP contribution in [0.1, 0.15) is 0 Å². The van der Waals surface area contributed by atoms with E-state index < -0.39 is 0 Å². The van der Waals surface area contributed by atoms with Gasteiger partial charge in [-0.2, -0.15) is 0 Å². The van der Waals surface area contributed by atoms with Crippen LogP contribution in [0.2, 0.25) is 5.02 Å². The van der Waals surface area contributed by atoms with Crippen LogP contribution in [-0.4, -0.2) is 4.98 Å². The fourth-order valence-electron chi connectivity index (χ4n) is 1.22. The molecule has 0 aliphatic carbocycles. The molecule has 6 heteroatoms. The van der Waals surface area contributed by atoms with E-state index in [1.165, 1.54) is 0 Å². The van der Waals surface area contributed by atoms with Gasteiger partial charge in [0.2, 0.25) is 0 Å². The molecule has 0 aliphatic heterocycles. The van der Waals surface area contributed by atoms with Crippen molar-refractivity contribution in [2.45, 2.75) is 0 Å². The minimum absolute atomic E-state index is 0.337. The SMILES string of the molecule is [N-]=[N+]=Nc1ccc(Oc2cccnc2)cc1Cl. The quantitative estimate of drug-likeness (QED) is 0.455. The number of benzene rings is 1. The van der Waals surface area contributed by atoms with Crippen molar-refractivity contribution in [2.75, 3.05) is 0 Å². The highest BCUT2D eigenvalue weighted by Gasteiger charge is 2.02. The van der Waals surface area contributed by atoms with Crippen LogP contribution in [0, 0.1) is 0 Å². The fraction of sp³-hybridized carbons (Fsp3) is 0. The standard InChI is InChI=1S/C11H7ClN4O/c12-10-6-8(3-4-11(10)15-16-13)17-9-2-1-5-14-7-9/h1-7H. The predicted octanol–water partition coefficient (Wildman–Crippen LogP) is 4.47. The second-order valence-corrected chi connectivity index (χ2v) is 3.50. The average Bonchev–Trinajstić information content (AvgIpc) is 2.34. The first kappa shape index (κ1) is 11.3. The molecule has 0 bridgehead atoms. The van der Waals surface area contributed by atoms with Gasteiger partial charge in [-0.1, -0.05) is 16.7 Å². The Morgan fingerprint density at radius 2 is 2.18 bits per heavy atom. The fourth-order valence-corrected chi connectivity index (χ4v) is 1.43. The zero-order chi connectivity index (χ0) is 12.1. The van der Waals surface area contributed by atoms with Crippen LogP contribution in [0.15, 0.2) is 47.8 Å². The molecule has 1 heterocycles. The number of hydrogen-bond acceptors (Lipinski definition) is 3. The zero-order valence-electron chi connectivity index (χ0n) is 8.62. The molecule has 17 heavy (non-hydrogen) atoms.